The SMILES string of the molecule is O=C(O)c1cccc(N2CCC(C=Cc3c(-c4c(Cl)cccc4Cl)noc3C3CC3)CC2)n1. The van der Waals surface area contributed by atoms with Gasteiger partial charge in [0.1, 0.15) is 17.3 Å². The highest BCUT2D eigenvalue weighted by molar-refractivity contribution is 6.39. The number of halogens is 2. The zero-order valence-corrected chi connectivity index (χ0v) is 19.4. The molecule has 1 saturated heterocycles. The number of hydrogen-bond acceptors (Lipinski definition) is 5. The Hall–Kier alpha value is -2.83. The summed E-state index contributed by atoms with van der Waals surface area (Å²) in [5.74, 6) is 1.40. The molecule has 33 heavy (non-hydrogen) atoms. The average Bonchev–Trinajstić information content (AvgIpc) is 3.58. The topological polar surface area (TPSA) is 79.5 Å². The second kappa shape index (κ2) is 9.20. The number of piperidine rings is 1. The Morgan fingerprint density at radius 3 is 2.42 bits per heavy atom. The molecule has 6 nitrogen and oxygen atoms in total. The largest absolute Gasteiger partial charge is 0.477 e. The number of hydrogen-bond donors (Lipinski definition) is 1. The van der Waals surface area contributed by atoms with Gasteiger partial charge in [-0.1, -0.05) is 52.6 Å². The Bertz CT molecular complexity index is 1190. The minimum absolute atomic E-state index is 0.0698. The minimum atomic E-state index is -1.01. The van der Waals surface area contributed by atoms with Crippen LogP contribution in [0, 0.1) is 5.92 Å². The molecule has 2 aliphatic rings. The number of allylic oxidation sites excluding steroid dienone is 1. The van der Waals surface area contributed by atoms with Gasteiger partial charge in [-0.05, 0) is 55.9 Å². The first-order valence-electron chi connectivity index (χ1n) is 11.1. The second-order valence-corrected chi connectivity index (χ2v) is 9.36. The zero-order chi connectivity index (χ0) is 22.9. The van der Waals surface area contributed by atoms with E-state index in [0.29, 0.717) is 39.0 Å². The van der Waals surface area contributed by atoms with Gasteiger partial charge in [0, 0.05) is 30.1 Å². The molecule has 2 aromatic heterocycles. The molecule has 0 amide bonds. The lowest BCUT2D eigenvalue weighted by molar-refractivity contribution is 0.0690. The van der Waals surface area contributed by atoms with Crippen LogP contribution in [0.25, 0.3) is 17.3 Å². The number of nitrogens with zero attached hydrogens (tertiary/aromatic N) is 3. The Kier molecular flexibility index (Phi) is 6.13. The van der Waals surface area contributed by atoms with Crippen LogP contribution >= 0.6 is 23.2 Å². The number of benzene rings is 1. The lowest BCUT2D eigenvalue weighted by Gasteiger charge is -2.31. The molecule has 1 saturated carbocycles. The van der Waals surface area contributed by atoms with Crippen LogP contribution in [0.5, 0.6) is 0 Å². The van der Waals surface area contributed by atoms with E-state index in [1.54, 1.807) is 6.07 Å². The number of carbonyl (C=O) groups is 1. The van der Waals surface area contributed by atoms with E-state index in [9.17, 15) is 9.90 Å². The molecule has 0 atom stereocenters. The molecule has 0 unspecified atom stereocenters. The number of anilines is 1. The quantitative estimate of drug-likeness (QED) is 0.428. The van der Waals surface area contributed by atoms with Crippen LogP contribution < -0.4 is 4.90 Å². The predicted octanol–water partition coefficient (Wildman–Crippen LogP) is 6.55. The van der Waals surface area contributed by atoms with Gasteiger partial charge in [0.15, 0.2) is 5.69 Å². The number of aromatic carboxylic acids is 1. The van der Waals surface area contributed by atoms with Gasteiger partial charge in [-0.3, -0.25) is 0 Å². The monoisotopic (exact) mass is 483 g/mol. The number of pyridine rings is 1. The molecule has 3 aromatic rings. The molecule has 3 heterocycles. The highest BCUT2D eigenvalue weighted by Crippen LogP contribution is 2.46. The van der Waals surface area contributed by atoms with Crippen molar-refractivity contribution < 1.29 is 14.4 Å². The number of carboxylic acids is 1. The highest BCUT2D eigenvalue weighted by Gasteiger charge is 2.32. The highest BCUT2D eigenvalue weighted by atomic mass is 35.5. The fourth-order valence-corrected chi connectivity index (χ4v) is 4.86. The number of carboxylic acid groups (broad SMARTS) is 1. The standard InChI is InChI=1S/C25H23Cl2N3O3/c26-18-3-1-4-19(27)22(18)23-17(24(33-29-23)16-8-9-16)10-7-15-11-13-30(14-12-15)21-6-2-5-20(28-21)25(31)32/h1-7,10,15-16H,8-9,11-14H2,(H,31,32). The zero-order valence-electron chi connectivity index (χ0n) is 17.9. The van der Waals surface area contributed by atoms with E-state index in [0.717, 1.165) is 50.1 Å². The van der Waals surface area contributed by atoms with Crippen LogP contribution in [0.15, 0.2) is 47.0 Å². The third kappa shape index (κ3) is 4.63. The van der Waals surface area contributed by atoms with Crippen molar-refractivity contribution in [1.82, 2.24) is 10.1 Å². The summed E-state index contributed by atoms with van der Waals surface area (Å²) in [6.45, 7) is 1.63. The van der Waals surface area contributed by atoms with Gasteiger partial charge in [0.25, 0.3) is 0 Å². The van der Waals surface area contributed by atoms with E-state index >= 15 is 0 Å². The van der Waals surface area contributed by atoms with Gasteiger partial charge in [0.05, 0.1) is 10.0 Å². The van der Waals surface area contributed by atoms with E-state index in [2.05, 4.69) is 27.2 Å². The van der Waals surface area contributed by atoms with Crippen LogP contribution in [-0.4, -0.2) is 34.3 Å². The average molecular weight is 484 g/mol. The van der Waals surface area contributed by atoms with Crippen molar-refractivity contribution in [3.05, 3.63) is 69.5 Å². The maximum absolute atomic E-state index is 11.2. The smallest absolute Gasteiger partial charge is 0.354 e. The van der Waals surface area contributed by atoms with Crippen LogP contribution in [-0.2, 0) is 0 Å². The van der Waals surface area contributed by atoms with Gasteiger partial charge in [-0.25, -0.2) is 9.78 Å². The Balaban J connectivity index is 1.34. The molecule has 5 rings (SSSR count). The third-order valence-electron chi connectivity index (χ3n) is 6.26. The van der Waals surface area contributed by atoms with E-state index < -0.39 is 5.97 Å². The van der Waals surface area contributed by atoms with Crippen molar-refractivity contribution in [3.8, 4) is 11.3 Å². The molecule has 0 bridgehead atoms. The molecular weight excluding hydrogens is 461 g/mol. The molecular formula is C25H23Cl2N3O3. The normalized spacial score (nSPS) is 17.1. The van der Waals surface area contributed by atoms with Crippen LogP contribution in [0.4, 0.5) is 5.82 Å². The molecule has 1 aliphatic heterocycles. The van der Waals surface area contributed by atoms with Crippen molar-refractivity contribution in [2.24, 2.45) is 5.92 Å². The van der Waals surface area contributed by atoms with E-state index in [1.165, 1.54) is 6.07 Å². The molecule has 2 fully saturated rings. The van der Waals surface area contributed by atoms with Crippen molar-refractivity contribution in [3.63, 3.8) is 0 Å². The lowest BCUT2D eigenvalue weighted by Crippen LogP contribution is -2.33. The molecule has 1 aromatic carbocycles. The minimum Gasteiger partial charge on any atom is -0.477 e. The summed E-state index contributed by atoms with van der Waals surface area (Å²) in [6.07, 6.45) is 8.44. The van der Waals surface area contributed by atoms with E-state index in [-0.39, 0.29) is 5.69 Å². The summed E-state index contributed by atoms with van der Waals surface area (Å²) in [5, 5.41) is 14.6. The van der Waals surface area contributed by atoms with Crippen LogP contribution in [0.3, 0.4) is 0 Å². The molecule has 8 heteroatoms. The summed E-state index contributed by atoms with van der Waals surface area (Å²) >= 11 is 12.9. The predicted molar refractivity (Wildman–Crippen MR) is 129 cm³/mol. The maximum atomic E-state index is 11.2. The Morgan fingerprint density at radius 2 is 1.76 bits per heavy atom. The molecule has 1 aliphatic carbocycles. The summed E-state index contributed by atoms with van der Waals surface area (Å²) in [5.41, 5.74) is 2.43. The van der Waals surface area contributed by atoms with Gasteiger partial charge in [-0.2, -0.15) is 0 Å². The van der Waals surface area contributed by atoms with Crippen molar-refractivity contribution >= 4 is 41.1 Å². The summed E-state index contributed by atoms with van der Waals surface area (Å²) < 4.78 is 5.75. The van der Waals surface area contributed by atoms with Gasteiger partial charge < -0.3 is 14.5 Å². The van der Waals surface area contributed by atoms with Crippen LogP contribution in [0.1, 0.15) is 53.4 Å². The molecule has 0 spiro atoms. The lowest BCUT2D eigenvalue weighted by atomic mass is 9.94. The number of rotatable bonds is 6. The van der Waals surface area contributed by atoms with Crippen molar-refractivity contribution in [2.75, 3.05) is 18.0 Å². The summed E-state index contributed by atoms with van der Waals surface area (Å²) in [6, 6.07) is 10.6. The van der Waals surface area contributed by atoms with E-state index in [4.69, 9.17) is 27.7 Å². The van der Waals surface area contributed by atoms with Gasteiger partial charge in [0.2, 0.25) is 0 Å². The Labute approximate surface area is 201 Å². The van der Waals surface area contributed by atoms with Crippen LogP contribution in [0.2, 0.25) is 10.0 Å². The molecule has 170 valence electrons. The fourth-order valence-electron chi connectivity index (χ4n) is 4.29. The fraction of sp³-hybridized carbons (Fsp3) is 0.320. The van der Waals surface area contributed by atoms with Crippen molar-refractivity contribution in [2.45, 2.75) is 31.6 Å². The first kappa shape index (κ1) is 22.0. The summed E-state index contributed by atoms with van der Waals surface area (Å²) in [4.78, 5) is 17.6. The molecule has 0 radical (unpaired) electrons. The summed E-state index contributed by atoms with van der Waals surface area (Å²) in [7, 11) is 0. The van der Waals surface area contributed by atoms with E-state index in [1.807, 2.05) is 24.3 Å². The second-order valence-electron chi connectivity index (χ2n) is 8.55. The Morgan fingerprint density at radius 1 is 1.06 bits per heavy atom. The molecule has 1 N–H and O–H groups in total. The first-order chi connectivity index (χ1) is 16.0. The van der Waals surface area contributed by atoms with Gasteiger partial charge >= 0.3 is 5.97 Å². The first-order valence-corrected chi connectivity index (χ1v) is 11.8. The van der Waals surface area contributed by atoms with Crippen molar-refractivity contribution in [1.29, 1.82) is 0 Å². The number of aromatic nitrogens is 2. The maximum Gasteiger partial charge on any atom is 0.354 e. The van der Waals surface area contributed by atoms with Gasteiger partial charge in [-0.15, -0.1) is 0 Å². The third-order valence-corrected chi connectivity index (χ3v) is 6.89.